The Morgan fingerprint density at radius 2 is 1.33 bits per heavy atom. The first-order valence-electron chi connectivity index (χ1n) is 11.1. The number of hydrogen-bond acceptors (Lipinski definition) is 4. The van der Waals surface area contributed by atoms with Gasteiger partial charge in [-0.2, -0.15) is 0 Å². The molecule has 181 valence electrons. The fraction of sp³-hybridized carbons (Fsp3) is 0.0667. The van der Waals surface area contributed by atoms with Gasteiger partial charge in [0.2, 0.25) is 0 Å². The van der Waals surface area contributed by atoms with Gasteiger partial charge in [-0.05, 0) is 23.9 Å². The number of hydrogen-bond donors (Lipinski definition) is 1. The van der Waals surface area contributed by atoms with E-state index < -0.39 is 5.97 Å². The normalized spacial score (nSPS) is 9.94. The molecule has 5 aromatic rings. The summed E-state index contributed by atoms with van der Waals surface area (Å²) >= 11 is 0. The molecular weight excluding hydrogens is 627 g/mol. The zero-order valence-corrected chi connectivity index (χ0v) is 22.2. The molecule has 5 rings (SSSR count). The predicted molar refractivity (Wildman–Crippen MR) is 137 cm³/mol. The molecule has 1 N–H and O–H groups in total. The van der Waals surface area contributed by atoms with Crippen LogP contribution in [0.5, 0.6) is 0 Å². The summed E-state index contributed by atoms with van der Waals surface area (Å²) in [5.41, 5.74) is 7.79. The van der Waals surface area contributed by atoms with Crippen molar-refractivity contribution in [3.63, 3.8) is 0 Å². The Morgan fingerprint density at radius 1 is 0.750 bits per heavy atom. The van der Waals surface area contributed by atoms with Crippen molar-refractivity contribution in [2.75, 3.05) is 0 Å². The molecule has 0 saturated carbocycles. The summed E-state index contributed by atoms with van der Waals surface area (Å²) in [6, 6.07) is 32.7. The van der Waals surface area contributed by atoms with Crippen molar-refractivity contribution in [3.05, 3.63) is 126 Å². The Hall–Kier alpha value is -3.99. The number of carboxylic acids is 1. The number of aryl methyl sites for hydroxylation is 2. The topological polar surface area (TPSA) is 76.0 Å². The molecule has 0 unspecified atom stereocenters. The van der Waals surface area contributed by atoms with Crippen molar-refractivity contribution in [2.24, 2.45) is 0 Å². The van der Waals surface area contributed by atoms with E-state index in [0.29, 0.717) is 5.69 Å². The zero-order chi connectivity index (χ0) is 24.6. The minimum absolute atomic E-state index is 0. The molecule has 0 atom stereocenters. The number of rotatable bonds is 4. The largest absolute Gasteiger partial charge is 0.477 e. The van der Waals surface area contributed by atoms with Crippen LogP contribution in [0.2, 0.25) is 0 Å². The predicted octanol–water partition coefficient (Wildman–Crippen LogP) is 6.47. The number of aromatic nitrogens is 3. The summed E-state index contributed by atoms with van der Waals surface area (Å²) in [5, 5.41) is 8.78. The van der Waals surface area contributed by atoms with Crippen molar-refractivity contribution in [3.8, 4) is 33.8 Å². The van der Waals surface area contributed by atoms with Gasteiger partial charge in [-0.1, -0.05) is 61.4 Å². The Labute approximate surface area is 224 Å². The van der Waals surface area contributed by atoms with Gasteiger partial charge in [-0.15, -0.1) is 59.2 Å². The van der Waals surface area contributed by atoms with E-state index in [0.717, 1.165) is 28.1 Å². The van der Waals surface area contributed by atoms with E-state index in [2.05, 4.69) is 47.0 Å². The van der Waals surface area contributed by atoms with Crippen LogP contribution in [0.1, 0.15) is 21.6 Å². The average Bonchev–Trinajstić information content (AvgIpc) is 2.91. The van der Waals surface area contributed by atoms with Crippen LogP contribution in [-0.4, -0.2) is 26.0 Å². The van der Waals surface area contributed by atoms with Gasteiger partial charge >= 0.3 is 5.97 Å². The molecule has 0 saturated heterocycles. The van der Waals surface area contributed by atoms with Gasteiger partial charge in [-0.25, -0.2) is 4.79 Å². The molecular formula is C30H23IrN3O2-2. The minimum Gasteiger partial charge on any atom is -0.477 e. The average molecular weight is 650 g/mol. The molecule has 0 aliphatic heterocycles. The maximum Gasteiger partial charge on any atom is 0.353 e. The molecule has 0 fully saturated rings. The fourth-order valence-corrected chi connectivity index (χ4v) is 3.60. The second kappa shape index (κ2) is 12.6. The van der Waals surface area contributed by atoms with Crippen LogP contribution < -0.4 is 0 Å². The van der Waals surface area contributed by atoms with Crippen LogP contribution in [0, 0.1) is 26.0 Å². The summed E-state index contributed by atoms with van der Waals surface area (Å²) < 4.78 is 0. The van der Waals surface area contributed by atoms with Crippen molar-refractivity contribution < 1.29 is 30.0 Å². The summed E-state index contributed by atoms with van der Waals surface area (Å²) in [6.07, 6.45) is 3.62. The smallest absolute Gasteiger partial charge is 0.353 e. The summed E-state index contributed by atoms with van der Waals surface area (Å²) in [4.78, 5) is 23.6. The monoisotopic (exact) mass is 650 g/mol. The van der Waals surface area contributed by atoms with E-state index in [1.54, 1.807) is 18.2 Å². The van der Waals surface area contributed by atoms with E-state index in [9.17, 15) is 4.79 Å². The number of nitrogens with zero attached hydrogens (tertiary/aromatic N) is 3. The van der Waals surface area contributed by atoms with Gasteiger partial charge in [0.15, 0.2) is 0 Å². The van der Waals surface area contributed by atoms with Crippen molar-refractivity contribution in [1.82, 2.24) is 15.0 Å². The third kappa shape index (κ3) is 6.57. The van der Waals surface area contributed by atoms with Crippen molar-refractivity contribution >= 4 is 5.97 Å². The van der Waals surface area contributed by atoms with E-state index >= 15 is 0 Å². The Morgan fingerprint density at radius 3 is 1.83 bits per heavy atom. The third-order valence-electron chi connectivity index (χ3n) is 5.27. The Bertz CT molecular complexity index is 1370. The number of carboxylic acid groups (broad SMARTS) is 1. The maximum absolute atomic E-state index is 10.7. The second-order valence-electron chi connectivity index (χ2n) is 7.80. The van der Waals surface area contributed by atoms with E-state index in [1.807, 2.05) is 67.0 Å². The Kier molecular flexibility index (Phi) is 9.34. The Balaban J connectivity index is 0.000000203. The first kappa shape index (κ1) is 26.6. The van der Waals surface area contributed by atoms with E-state index in [-0.39, 0.29) is 25.8 Å². The molecule has 0 bridgehead atoms. The fourth-order valence-electron chi connectivity index (χ4n) is 3.60. The number of benzene rings is 2. The molecule has 0 spiro atoms. The van der Waals surface area contributed by atoms with Gasteiger partial charge < -0.3 is 5.11 Å². The molecule has 1 radical (unpaired) electrons. The minimum atomic E-state index is -1.02. The van der Waals surface area contributed by atoms with Gasteiger partial charge in [0.05, 0.1) is 0 Å². The first-order valence-corrected chi connectivity index (χ1v) is 11.1. The molecule has 6 heteroatoms. The third-order valence-corrected chi connectivity index (χ3v) is 5.27. The zero-order valence-electron chi connectivity index (χ0n) is 19.8. The quantitative estimate of drug-likeness (QED) is 0.226. The second-order valence-corrected chi connectivity index (χ2v) is 7.80. The molecule has 0 aliphatic rings. The summed E-state index contributed by atoms with van der Waals surface area (Å²) in [7, 11) is 0. The molecule has 5 nitrogen and oxygen atoms in total. The molecule has 0 amide bonds. The van der Waals surface area contributed by atoms with Gasteiger partial charge in [0.1, 0.15) is 5.69 Å². The van der Waals surface area contributed by atoms with Crippen molar-refractivity contribution in [1.29, 1.82) is 0 Å². The summed E-state index contributed by atoms with van der Waals surface area (Å²) in [6.45, 7) is 4.19. The van der Waals surface area contributed by atoms with Crippen LogP contribution >= 0.6 is 0 Å². The number of aromatic carboxylic acids is 1. The molecule has 3 heterocycles. The van der Waals surface area contributed by atoms with Crippen LogP contribution in [0.3, 0.4) is 0 Å². The van der Waals surface area contributed by atoms with Crippen LogP contribution in [0.25, 0.3) is 33.8 Å². The molecule has 36 heavy (non-hydrogen) atoms. The number of pyridine rings is 3. The van der Waals surface area contributed by atoms with Crippen LogP contribution in [-0.2, 0) is 20.1 Å². The standard InChI is InChI=1S/C18H15N2.C12H8NO2.Ir/c1-13-11-14(2)16(18-8-4-6-10-20-18)12-15(13)17-7-3-5-9-19-17;14-12(15)11-8-4-7-10(13-11)9-5-2-1-3-6-9;/h3-11H,1-2H3;1-5,7-8H,(H,14,15);/q2*-1;. The first-order chi connectivity index (χ1) is 17.0. The number of carbonyl (C=O) groups is 1. The van der Waals surface area contributed by atoms with Gasteiger partial charge in [-0.3, -0.25) is 15.0 Å². The molecule has 3 aromatic heterocycles. The van der Waals surface area contributed by atoms with Gasteiger partial charge in [0.25, 0.3) is 0 Å². The van der Waals surface area contributed by atoms with E-state index in [4.69, 9.17) is 5.11 Å². The van der Waals surface area contributed by atoms with Crippen LogP contribution in [0.15, 0.2) is 97.3 Å². The maximum atomic E-state index is 10.7. The summed E-state index contributed by atoms with van der Waals surface area (Å²) in [5.74, 6) is -1.02. The molecule has 2 aromatic carbocycles. The van der Waals surface area contributed by atoms with Crippen LogP contribution in [0.4, 0.5) is 0 Å². The van der Waals surface area contributed by atoms with Crippen molar-refractivity contribution in [2.45, 2.75) is 13.8 Å². The van der Waals surface area contributed by atoms with E-state index in [1.165, 1.54) is 17.2 Å². The van der Waals surface area contributed by atoms with Gasteiger partial charge in [0, 0.05) is 43.9 Å². The molecule has 0 aliphatic carbocycles. The SMILES string of the molecule is Cc1cc(C)c(-c2ccccn2)[c-]c1-c1ccccn1.O=C(O)c1cccc(-c2[c-]cccc2)n1.[Ir].